The smallest absolute Gasteiger partial charge is 0.317 e. The summed E-state index contributed by atoms with van der Waals surface area (Å²) in [5.74, 6) is 0.905. The predicted molar refractivity (Wildman–Crippen MR) is 94.4 cm³/mol. The van der Waals surface area contributed by atoms with Gasteiger partial charge < -0.3 is 15.0 Å². The van der Waals surface area contributed by atoms with Gasteiger partial charge in [0.25, 0.3) is 0 Å². The highest BCUT2D eigenvalue weighted by Crippen LogP contribution is 2.19. The highest BCUT2D eigenvalue weighted by atomic mass is 32.2. The van der Waals surface area contributed by atoms with Crippen molar-refractivity contribution in [2.75, 3.05) is 24.6 Å². The Kier molecular flexibility index (Phi) is 5.46. The Morgan fingerprint density at radius 2 is 2.08 bits per heavy atom. The van der Waals surface area contributed by atoms with Crippen molar-refractivity contribution in [2.45, 2.75) is 44.8 Å². The zero-order valence-corrected chi connectivity index (χ0v) is 15.3. The molecular weight excluding hydrogens is 342 g/mol. The van der Waals surface area contributed by atoms with E-state index in [4.69, 9.17) is 4.74 Å². The topological polar surface area (TPSA) is 88.6 Å². The molecule has 0 aliphatic carbocycles. The van der Waals surface area contributed by atoms with Crippen LogP contribution in [0.1, 0.15) is 31.2 Å². The number of aromatic nitrogens is 1. The minimum absolute atomic E-state index is 0.0495. The first kappa shape index (κ1) is 18.0. The third-order valence-corrected chi connectivity index (χ3v) is 6.52. The van der Waals surface area contributed by atoms with Crippen molar-refractivity contribution in [2.24, 2.45) is 0 Å². The molecule has 2 fully saturated rings. The number of nitrogens with zero attached hydrogens (tertiary/aromatic N) is 2. The number of aryl methyl sites for hydroxylation is 1. The van der Waals surface area contributed by atoms with Gasteiger partial charge in [-0.3, -0.25) is 0 Å². The zero-order chi connectivity index (χ0) is 17.9. The van der Waals surface area contributed by atoms with Crippen LogP contribution in [0.4, 0.5) is 4.79 Å². The summed E-state index contributed by atoms with van der Waals surface area (Å²) in [7, 11) is -3.02. The SMILES string of the molecule is Cc1ccnc(OC2CCN(C(=O)NC3CCCS(=O)(=O)C3)CC2)c1. The van der Waals surface area contributed by atoms with E-state index in [2.05, 4.69) is 10.3 Å². The second-order valence-corrected chi connectivity index (χ2v) is 9.11. The first-order valence-corrected chi connectivity index (χ1v) is 10.6. The van der Waals surface area contributed by atoms with Gasteiger partial charge in [0.1, 0.15) is 6.10 Å². The minimum atomic E-state index is -3.02. The first-order chi connectivity index (χ1) is 11.9. The Labute approximate surface area is 148 Å². The Morgan fingerprint density at radius 3 is 2.76 bits per heavy atom. The van der Waals surface area contributed by atoms with Crippen molar-refractivity contribution >= 4 is 15.9 Å². The van der Waals surface area contributed by atoms with Crippen LogP contribution in [0.3, 0.4) is 0 Å². The van der Waals surface area contributed by atoms with E-state index < -0.39 is 9.84 Å². The van der Waals surface area contributed by atoms with Gasteiger partial charge in [-0.1, -0.05) is 0 Å². The molecule has 1 aromatic heterocycles. The van der Waals surface area contributed by atoms with E-state index in [9.17, 15) is 13.2 Å². The Morgan fingerprint density at radius 1 is 1.32 bits per heavy atom. The van der Waals surface area contributed by atoms with Gasteiger partial charge in [-0.25, -0.2) is 18.2 Å². The summed E-state index contributed by atoms with van der Waals surface area (Å²) in [6.45, 7) is 3.19. The standard InChI is InChI=1S/C17H25N3O4S/c1-13-4-7-18-16(11-13)24-15-5-8-20(9-6-15)17(21)19-14-3-2-10-25(22,23)12-14/h4,7,11,14-15H,2-3,5-6,8-10,12H2,1H3,(H,19,21). The van der Waals surface area contributed by atoms with Crippen LogP contribution in [0.2, 0.25) is 0 Å². The van der Waals surface area contributed by atoms with E-state index in [1.807, 2.05) is 19.1 Å². The summed E-state index contributed by atoms with van der Waals surface area (Å²) in [6, 6.07) is 3.39. The number of carbonyl (C=O) groups is 1. The molecule has 3 heterocycles. The van der Waals surface area contributed by atoms with Crippen LogP contribution in [0.25, 0.3) is 0 Å². The molecule has 0 bridgehead atoms. The van der Waals surface area contributed by atoms with E-state index in [-0.39, 0.29) is 29.7 Å². The van der Waals surface area contributed by atoms with E-state index in [0.717, 1.165) is 24.8 Å². The Balaban J connectivity index is 1.46. The monoisotopic (exact) mass is 367 g/mol. The summed E-state index contributed by atoms with van der Waals surface area (Å²) in [5, 5.41) is 2.87. The van der Waals surface area contributed by atoms with Gasteiger partial charge >= 0.3 is 6.03 Å². The molecule has 3 rings (SSSR count). The number of carbonyl (C=O) groups excluding carboxylic acids is 1. The second kappa shape index (κ2) is 7.59. The number of hydrogen-bond donors (Lipinski definition) is 1. The highest BCUT2D eigenvalue weighted by Gasteiger charge is 2.29. The van der Waals surface area contributed by atoms with Crippen molar-refractivity contribution < 1.29 is 17.9 Å². The number of piperidine rings is 1. The lowest BCUT2D eigenvalue weighted by atomic mass is 10.1. The highest BCUT2D eigenvalue weighted by molar-refractivity contribution is 7.91. The van der Waals surface area contributed by atoms with E-state index in [0.29, 0.717) is 25.4 Å². The first-order valence-electron chi connectivity index (χ1n) is 8.76. The van der Waals surface area contributed by atoms with Gasteiger partial charge in [0.15, 0.2) is 9.84 Å². The van der Waals surface area contributed by atoms with E-state index >= 15 is 0 Å². The molecule has 1 aromatic rings. The largest absolute Gasteiger partial charge is 0.474 e. The molecule has 0 saturated carbocycles. The molecule has 0 spiro atoms. The normalized spacial score (nSPS) is 23.9. The number of pyridine rings is 1. The van der Waals surface area contributed by atoms with Crippen molar-refractivity contribution in [1.82, 2.24) is 15.2 Å². The number of urea groups is 1. The van der Waals surface area contributed by atoms with Crippen LogP contribution in [0.5, 0.6) is 5.88 Å². The van der Waals surface area contributed by atoms with Crippen molar-refractivity contribution in [1.29, 1.82) is 0 Å². The molecule has 7 nitrogen and oxygen atoms in total. The third-order valence-electron chi connectivity index (χ3n) is 4.70. The quantitative estimate of drug-likeness (QED) is 0.875. The summed E-state index contributed by atoms with van der Waals surface area (Å²) in [5.41, 5.74) is 1.10. The summed E-state index contributed by atoms with van der Waals surface area (Å²) < 4.78 is 29.2. The number of rotatable bonds is 3. The van der Waals surface area contributed by atoms with Gasteiger partial charge in [-0.2, -0.15) is 0 Å². The fourth-order valence-corrected chi connectivity index (χ4v) is 4.96. The fraction of sp³-hybridized carbons (Fsp3) is 0.647. The van der Waals surface area contributed by atoms with Crippen LogP contribution in [-0.4, -0.2) is 61.1 Å². The van der Waals surface area contributed by atoms with Gasteiger partial charge in [-0.05, 0) is 31.4 Å². The van der Waals surface area contributed by atoms with Crippen LogP contribution < -0.4 is 10.1 Å². The third kappa shape index (κ3) is 5.07. The molecule has 1 atom stereocenters. The average molecular weight is 367 g/mol. The predicted octanol–water partition coefficient (Wildman–Crippen LogP) is 1.52. The second-order valence-electron chi connectivity index (χ2n) is 6.88. The number of hydrogen-bond acceptors (Lipinski definition) is 5. The van der Waals surface area contributed by atoms with Gasteiger partial charge in [0.05, 0.1) is 11.5 Å². The molecule has 8 heteroatoms. The van der Waals surface area contributed by atoms with Crippen molar-refractivity contribution in [3.05, 3.63) is 23.9 Å². The van der Waals surface area contributed by atoms with E-state index in [1.165, 1.54) is 0 Å². The summed E-state index contributed by atoms with van der Waals surface area (Å²) >= 11 is 0. The number of ether oxygens (including phenoxy) is 1. The van der Waals surface area contributed by atoms with Crippen LogP contribution >= 0.6 is 0 Å². The molecule has 25 heavy (non-hydrogen) atoms. The molecular formula is C17H25N3O4S. The van der Waals surface area contributed by atoms with Crippen molar-refractivity contribution in [3.63, 3.8) is 0 Å². The summed E-state index contributed by atoms with van der Waals surface area (Å²) in [4.78, 5) is 18.3. The number of amides is 2. The van der Waals surface area contributed by atoms with Gasteiger partial charge in [0, 0.05) is 44.2 Å². The minimum Gasteiger partial charge on any atom is -0.474 e. The molecule has 0 radical (unpaired) electrons. The maximum absolute atomic E-state index is 12.4. The van der Waals surface area contributed by atoms with Crippen LogP contribution in [0.15, 0.2) is 18.3 Å². The number of nitrogens with one attached hydrogen (secondary N) is 1. The molecule has 2 amide bonds. The molecule has 1 unspecified atom stereocenters. The van der Waals surface area contributed by atoms with Gasteiger partial charge in [0.2, 0.25) is 5.88 Å². The lowest BCUT2D eigenvalue weighted by molar-refractivity contribution is 0.106. The van der Waals surface area contributed by atoms with Crippen LogP contribution in [-0.2, 0) is 9.84 Å². The molecule has 138 valence electrons. The molecule has 1 N–H and O–H groups in total. The van der Waals surface area contributed by atoms with Crippen LogP contribution in [0, 0.1) is 6.92 Å². The summed E-state index contributed by atoms with van der Waals surface area (Å²) in [6.07, 6.45) is 4.60. The average Bonchev–Trinajstić information content (AvgIpc) is 2.54. The van der Waals surface area contributed by atoms with Gasteiger partial charge in [-0.15, -0.1) is 0 Å². The Hall–Kier alpha value is -1.83. The van der Waals surface area contributed by atoms with Crippen molar-refractivity contribution in [3.8, 4) is 5.88 Å². The maximum atomic E-state index is 12.4. The molecule has 2 aliphatic heterocycles. The number of likely N-dealkylation sites (tertiary alicyclic amines) is 1. The maximum Gasteiger partial charge on any atom is 0.317 e. The molecule has 2 aliphatic rings. The lowest BCUT2D eigenvalue weighted by Crippen LogP contribution is -2.51. The van der Waals surface area contributed by atoms with E-state index in [1.54, 1.807) is 11.1 Å². The molecule has 2 saturated heterocycles. The zero-order valence-electron chi connectivity index (χ0n) is 14.5. The number of sulfone groups is 1. The fourth-order valence-electron chi connectivity index (χ4n) is 3.32. The molecule has 0 aromatic carbocycles. The Bertz CT molecular complexity index is 714. The lowest BCUT2D eigenvalue weighted by Gasteiger charge is -2.33.